The van der Waals surface area contributed by atoms with Crippen LogP contribution in [0.2, 0.25) is 0 Å². The van der Waals surface area contributed by atoms with Gasteiger partial charge >= 0.3 is 0 Å². The Kier molecular flexibility index (Phi) is 5.10. The molecular weight excluding hydrogens is 416 g/mol. The Morgan fingerprint density at radius 2 is 2.00 bits per heavy atom. The minimum Gasteiger partial charge on any atom is -0.337 e. The molecule has 0 radical (unpaired) electrons. The van der Waals surface area contributed by atoms with Gasteiger partial charge in [0.2, 0.25) is 0 Å². The molecule has 2 N–H and O–H groups in total. The second-order valence-electron chi connectivity index (χ2n) is 8.31. The van der Waals surface area contributed by atoms with E-state index in [0.717, 1.165) is 29.0 Å². The highest BCUT2D eigenvalue weighted by atomic mass is 32.2. The van der Waals surface area contributed by atoms with Crippen LogP contribution in [0.3, 0.4) is 0 Å². The van der Waals surface area contributed by atoms with Crippen LogP contribution in [0.1, 0.15) is 55.9 Å². The lowest BCUT2D eigenvalue weighted by atomic mass is 9.90. The van der Waals surface area contributed by atoms with Crippen molar-refractivity contribution in [1.82, 2.24) is 20.0 Å². The molecule has 0 aliphatic heterocycles. The van der Waals surface area contributed by atoms with E-state index in [4.69, 9.17) is 9.76 Å². The van der Waals surface area contributed by atoms with E-state index in [-0.39, 0.29) is 5.25 Å². The Bertz CT molecular complexity index is 1160. The van der Waals surface area contributed by atoms with Crippen LogP contribution in [-0.4, -0.2) is 29.4 Å². The smallest absolute Gasteiger partial charge is 0.172 e. The number of rotatable bonds is 6. The van der Waals surface area contributed by atoms with Crippen molar-refractivity contribution in [3.05, 3.63) is 35.6 Å². The molecule has 30 heavy (non-hydrogen) atoms. The molecule has 2 saturated carbocycles. The number of nitrogens with zero attached hydrogens (tertiary/aromatic N) is 4. The number of nitrogens with one attached hydrogen (secondary N) is 2. The number of hydrogen-bond donors (Lipinski definition) is 2. The molecule has 2 aromatic heterocycles. The molecule has 1 unspecified atom stereocenters. The van der Waals surface area contributed by atoms with E-state index in [1.54, 1.807) is 22.2 Å². The molecular formula is C21H26N6OS2. The molecule has 5 rings (SSSR count). The van der Waals surface area contributed by atoms with Gasteiger partial charge in [-0.05, 0) is 37.8 Å². The summed E-state index contributed by atoms with van der Waals surface area (Å²) in [6, 6.07) is 5.79. The third kappa shape index (κ3) is 3.88. The van der Waals surface area contributed by atoms with Gasteiger partial charge in [0, 0.05) is 35.7 Å². The van der Waals surface area contributed by atoms with Crippen molar-refractivity contribution in [2.75, 3.05) is 5.32 Å². The lowest BCUT2D eigenvalue weighted by Crippen LogP contribution is -2.07. The second-order valence-corrected chi connectivity index (χ2v) is 11.7. The van der Waals surface area contributed by atoms with E-state index in [0.29, 0.717) is 16.6 Å². The molecule has 1 aromatic carbocycles. The standard InChI is InChI=1S/C21H26N6OS2/c1-27-13-20(25-26-27)24-15-7-10-17(19(11-15)30(22,28)16-8-9-16)18-12-23-21(29-18)14-5-3-2-4-6-14/h7,10-14,16,22,24H,2-6,8-9H2,1H3. The van der Waals surface area contributed by atoms with Gasteiger partial charge in [0.25, 0.3) is 0 Å². The molecule has 9 heteroatoms. The number of aromatic nitrogens is 4. The molecule has 3 aromatic rings. The van der Waals surface area contributed by atoms with Crippen LogP contribution < -0.4 is 5.32 Å². The van der Waals surface area contributed by atoms with Gasteiger partial charge in [-0.2, -0.15) is 0 Å². The van der Waals surface area contributed by atoms with Crippen LogP contribution >= 0.6 is 11.3 Å². The van der Waals surface area contributed by atoms with E-state index in [1.807, 2.05) is 31.4 Å². The van der Waals surface area contributed by atoms with Crippen molar-refractivity contribution in [3.8, 4) is 10.4 Å². The van der Waals surface area contributed by atoms with Crippen molar-refractivity contribution in [1.29, 1.82) is 4.78 Å². The Hall–Kier alpha value is -2.26. The highest BCUT2D eigenvalue weighted by Gasteiger charge is 2.35. The first kappa shape index (κ1) is 19.7. The van der Waals surface area contributed by atoms with Gasteiger partial charge in [-0.15, -0.1) is 16.4 Å². The molecule has 0 amide bonds. The summed E-state index contributed by atoms with van der Waals surface area (Å²) in [6.07, 6.45) is 11.7. The van der Waals surface area contributed by atoms with Crippen LogP contribution in [0, 0.1) is 4.78 Å². The van der Waals surface area contributed by atoms with E-state index in [2.05, 4.69) is 15.6 Å². The zero-order valence-corrected chi connectivity index (χ0v) is 18.6. The summed E-state index contributed by atoms with van der Waals surface area (Å²) >= 11 is 1.70. The number of aryl methyl sites for hydroxylation is 1. The molecule has 1 atom stereocenters. The summed E-state index contributed by atoms with van der Waals surface area (Å²) in [7, 11) is -1.06. The van der Waals surface area contributed by atoms with Crippen LogP contribution in [0.4, 0.5) is 11.5 Å². The van der Waals surface area contributed by atoms with Gasteiger partial charge in [-0.3, -0.25) is 4.68 Å². The predicted octanol–water partition coefficient (Wildman–Crippen LogP) is 5.30. The molecule has 2 fully saturated rings. The Balaban J connectivity index is 1.51. The van der Waals surface area contributed by atoms with Crippen molar-refractivity contribution in [2.45, 2.75) is 61.0 Å². The lowest BCUT2D eigenvalue weighted by molar-refractivity contribution is 0.442. The van der Waals surface area contributed by atoms with Gasteiger partial charge in [-0.25, -0.2) is 14.0 Å². The van der Waals surface area contributed by atoms with E-state index in [1.165, 1.54) is 37.1 Å². The van der Waals surface area contributed by atoms with Crippen LogP contribution in [0.25, 0.3) is 10.4 Å². The molecule has 2 heterocycles. The Labute approximate surface area is 180 Å². The topological polar surface area (TPSA) is 96.6 Å². The van der Waals surface area contributed by atoms with E-state index in [9.17, 15) is 4.21 Å². The summed E-state index contributed by atoms with van der Waals surface area (Å²) in [5.74, 6) is 1.17. The van der Waals surface area contributed by atoms with Gasteiger partial charge < -0.3 is 5.32 Å². The van der Waals surface area contributed by atoms with Crippen LogP contribution in [0.5, 0.6) is 0 Å². The Morgan fingerprint density at radius 3 is 2.70 bits per heavy atom. The summed E-state index contributed by atoms with van der Waals surface area (Å²) in [4.78, 5) is 6.34. The predicted molar refractivity (Wildman–Crippen MR) is 120 cm³/mol. The Morgan fingerprint density at radius 1 is 1.20 bits per heavy atom. The zero-order chi connectivity index (χ0) is 20.7. The fourth-order valence-electron chi connectivity index (χ4n) is 4.14. The van der Waals surface area contributed by atoms with Crippen molar-refractivity contribution < 1.29 is 4.21 Å². The van der Waals surface area contributed by atoms with Crippen LogP contribution in [-0.2, 0) is 16.8 Å². The largest absolute Gasteiger partial charge is 0.337 e. The number of thiazole rings is 1. The van der Waals surface area contributed by atoms with Gasteiger partial charge in [0.1, 0.15) is 0 Å². The molecule has 0 saturated heterocycles. The highest BCUT2D eigenvalue weighted by molar-refractivity contribution is 7.93. The number of hydrogen-bond acceptors (Lipinski definition) is 7. The van der Waals surface area contributed by atoms with Crippen molar-refractivity contribution >= 4 is 32.6 Å². The average Bonchev–Trinajstić information content (AvgIpc) is 3.38. The molecule has 0 bridgehead atoms. The summed E-state index contributed by atoms with van der Waals surface area (Å²) < 4.78 is 23.8. The molecule has 7 nitrogen and oxygen atoms in total. The third-order valence-corrected chi connectivity index (χ3v) is 9.52. The fourth-order valence-corrected chi connectivity index (χ4v) is 7.29. The maximum Gasteiger partial charge on any atom is 0.172 e. The highest BCUT2D eigenvalue weighted by Crippen LogP contribution is 2.43. The third-order valence-electron chi connectivity index (χ3n) is 5.92. The number of benzene rings is 1. The molecule has 2 aliphatic carbocycles. The fraction of sp³-hybridized carbons (Fsp3) is 0.476. The van der Waals surface area contributed by atoms with Crippen molar-refractivity contribution in [3.63, 3.8) is 0 Å². The van der Waals surface area contributed by atoms with Crippen molar-refractivity contribution in [2.24, 2.45) is 7.05 Å². The number of anilines is 2. The minimum atomic E-state index is -2.87. The average molecular weight is 443 g/mol. The maximum atomic E-state index is 13.5. The second kappa shape index (κ2) is 7.77. The van der Waals surface area contributed by atoms with E-state index < -0.39 is 9.73 Å². The van der Waals surface area contributed by atoms with E-state index >= 15 is 0 Å². The monoisotopic (exact) mass is 442 g/mol. The quantitative estimate of drug-likeness (QED) is 0.540. The zero-order valence-electron chi connectivity index (χ0n) is 17.0. The molecule has 2 aliphatic rings. The molecule has 158 valence electrons. The summed E-state index contributed by atoms with van der Waals surface area (Å²) in [5, 5.41) is 12.4. The first-order valence-corrected chi connectivity index (χ1v) is 13.0. The first-order valence-electron chi connectivity index (χ1n) is 10.5. The summed E-state index contributed by atoms with van der Waals surface area (Å²) in [6.45, 7) is 0. The normalized spacial score (nSPS) is 19.5. The van der Waals surface area contributed by atoms with Gasteiger partial charge in [0.15, 0.2) is 5.82 Å². The van der Waals surface area contributed by atoms with Gasteiger partial charge in [0.05, 0.1) is 30.7 Å². The minimum absolute atomic E-state index is 0.0475. The van der Waals surface area contributed by atoms with Gasteiger partial charge in [-0.1, -0.05) is 30.5 Å². The van der Waals surface area contributed by atoms with Crippen LogP contribution in [0.15, 0.2) is 35.5 Å². The maximum absolute atomic E-state index is 13.5. The lowest BCUT2D eigenvalue weighted by Gasteiger charge is -2.19. The first-order chi connectivity index (χ1) is 14.5. The molecule has 0 spiro atoms. The summed E-state index contributed by atoms with van der Waals surface area (Å²) in [5.41, 5.74) is 1.65. The SMILES string of the molecule is Cn1cc(Nc2ccc(-c3cnc(C4CCCCC4)s3)c(S(=N)(=O)C3CC3)c2)nn1.